The van der Waals surface area contributed by atoms with E-state index in [-0.39, 0.29) is 23.3 Å². The summed E-state index contributed by atoms with van der Waals surface area (Å²) in [5.74, 6) is -1.84. The Hall–Kier alpha value is -2.57. The third-order valence-electron chi connectivity index (χ3n) is 4.86. The lowest BCUT2D eigenvalue weighted by Crippen LogP contribution is -2.39. The van der Waals surface area contributed by atoms with E-state index in [4.69, 9.17) is 0 Å². The summed E-state index contributed by atoms with van der Waals surface area (Å²) in [4.78, 5) is 4.92. The normalized spacial score (nSPS) is 18.1. The van der Waals surface area contributed by atoms with Gasteiger partial charge in [-0.05, 0) is 43.2 Å². The Labute approximate surface area is 183 Å². The molecule has 12 heteroatoms. The molecule has 166 valence electrons. The van der Waals surface area contributed by atoms with Gasteiger partial charge in [-0.2, -0.15) is 14.6 Å². The molecule has 1 atom stereocenters. The monoisotopic (exact) mass is 468 g/mol. The highest BCUT2D eigenvalue weighted by Crippen LogP contribution is 2.28. The zero-order chi connectivity index (χ0) is 22.4. The summed E-state index contributed by atoms with van der Waals surface area (Å²) in [6, 6.07) is 1.57. The highest BCUT2D eigenvalue weighted by molar-refractivity contribution is 7.93. The first-order valence-electron chi connectivity index (χ1n) is 9.47. The number of hydrogen-bond acceptors (Lipinski definition) is 8. The SMILES string of the molecule is C=C(/C=C\N=N/C)[C@H]1CCCCN1Cc1cc(F)c(S(=O)(=O)Nc2ncns2)cc1F. The first kappa shape index (κ1) is 23.1. The standard InChI is InChI=1S/C19H22F2N6O2S2/c1-13(6-7-24-22-2)17-5-3-4-8-27(17)11-14-9-16(21)18(10-15(14)20)31(28,29)26-19-23-12-25-30-19/h6-7,9-10,12,17H,1,3-5,8,11H2,2H3,(H,23,25,26)/b7-6-,24-22-/t17-/m1/s1. The number of anilines is 1. The van der Waals surface area contributed by atoms with Crippen molar-refractivity contribution in [3.63, 3.8) is 0 Å². The summed E-state index contributed by atoms with van der Waals surface area (Å²) in [6.07, 6.45) is 7.20. The van der Waals surface area contributed by atoms with Crippen LogP contribution < -0.4 is 4.72 Å². The lowest BCUT2D eigenvalue weighted by Gasteiger charge is -2.36. The van der Waals surface area contributed by atoms with Crippen LogP contribution in [0.4, 0.5) is 13.9 Å². The van der Waals surface area contributed by atoms with Gasteiger partial charge in [0.25, 0.3) is 10.0 Å². The molecule has 0 aliphatic carbocycles. The predicted molar refractivity (Wildman–Crippen MR) is 114 cm³/mol. The molecule has 1 aromatic heterocycles. The molecule has 2 aromatic rings. The maximum Gasteiger partial charge on any atom is 0.266 e. The van der Waals surface area contributed by atoms with Crippen LogP contribution in [-0.4, -0.2) is 42.3 Å². The van der Waals surface area contributed by atoms with Crippen LogP contribution in [0.2, 0.25) is 0 Å². The van der Waals surface area contributed by atoms with E-state index in [1.54, 1.807) is 19.3 Å². The van der Waals surface area contributed by atoms with Crippen LogP contribution in [0.5, 0.6) is 0 Å². The number of hydrogen-bond donors (Lipinski definition) is 1. The highest BCUT2D eigenvalue weighted by atomic mass is 32.2. The minimum absolute atomic E-state index is 0.0331. The summed E-state index contributed by atoms with van der Waals surface area (Å²) < 4.78 is 60.1. The number of benzene rings is 1. The molecule has 0 bridgehead atoms. The maximum absolute atomic E-state index is 14.8. The third-order valence-corrected chi connectivity index (χ3v) is 6.92. The number of aromatic nitrogens is 2. The molecule has 0 saturated carbocycles. The fourth-order valence-electron chi connectivity index (χ4n) is 3.41. The van der Waals surface area contributed by atoms with Gasteiger partial charge in [-0.3, -0.25) is 9.62 Å². The summed E-state index contributed by atoms with van der Waals surface area (Å²) in [7, 11) is -2.78. The van der Waals surface area contributed by atoms with Gasteiger partial charge >= 0.3 is 0 Å². The van der Waals surface area contributed by atoms with Crippen LogP contribution in [0, 0.1) is 11.6 Å². The molecule has 8 nitrogen and oxygen atoms in total. The van der Waals surface area contributed by atoms with Gasteiger partial charge in [0.15, 0.2) is 0 Å². The van der Waals surface area contributed by atoms with E-state index in [0.29, 0.717) is 12.6 Å². The molecule has 0 spiro atoms. The number of likely N-dealkylation sites (tertiary alicyclic amines) is 1. The Balaban J connectivity index is 1.81. The Kier molecular flexibility index (Phi) is 7.57. The fraction of sp³-hybridized carbons (Fsp3) is 0.368. The van der Waals surface area contributed by atoms with Crippen molar-refractivity contribution in [1.29, 1.82) is 0 Å². The first-order chi connectivity index (χ1) is 14.8. The maximum atomic E-state index is 14.8. The van der Waals surface area contributed by atoms with E-state index in [1.165, 1.54) is 0 Å². The van der Waals surface area contributed by atoms with Crippen LogP contribution in [-0.2, 0) is 16.6 Å². The Morgan fingerprint density at radius 1 is 1.39 bits per heavy atom. The van der Waals surface area contributed by atoms with Gasteiger partial charge in [-0.25, -0.2) is 22.2 Å². The topological polar surface area (TPSA) is 99.9 Å². The van der Waals surface area contributed by atoms with Crippen LogP contribution in [0.25, 0.3) is 0 Å². The van der Waals surface area contributed by atoms with Crippen molar-refractivity contribution >= 4 is 26.7 Å². The van der Waals surface area contributed by atoms with Crippen molar-refractivity contribution in [3.05, 3.63) is 60.1 Å². The van der Waals surface area contributed by atoms with Crippen molar-refractivity contribution in [2.24, 2.45) is 10.2 Å². The Bertz CT molecular complexity index is 1090. The molecule has 1 aliphatic rings. The quantitative estimate of drug-likeness (QED) is 0.464. The van der Waals surface area contributed by atoms with Crippen molar-refractivity contribution in [3.8, 4) is 0 Å². The molecule has 0 radical (unpaired) electrons. The van der Waals surface area contributed by atoms with Crippen LogP contribution in [0.15, 0.2) is 58.0 Å². The van der Waals surface area contributed by atoms with E-state index >= 15 is 0 Å². The zero-order valence-electron chi connectivity index (χ0n) is 16.8. The smallest absolute Gasteiger partial charge is 0.266 e. The lowest BCUT2D eigenvalue weighted by atomic mass is 9.95. The Morgan fingerprint density at radius 2 is 2.19 bits per heavy atom. The molecule has 31 heavy (non-hydrogen) atoms. The van der Waals surface area contributed by atoms with Gasteiger partial charge < -0.3 is 0 Å². The third kappa shape index (κ3) is 5.77. The number of azo groups is 1. The Morgan fingerprint density at radius 3 is 2.90 bits per heavy atom. The van der Waals surface area contributed by atoms with Gasteiger partial charge in [0.1, 0.15) is 22.9 Å². The zero-order valence-corrected chi connectivity index (χ0v) is 18.5. The summed E-state index contributed by atoms with van der Waals surface area (Å²) in [5, 5.41) is 7.40. The molecule has 1 aromatic carbocycles. The average Bonchev–Trinajstić information content (AvgIpc) is 3.23. The molecule has 2 heterocycles. The minimum atomic E-state index is -4.34. The fourth-order valence-corrected chi connectivity index (χ4v) is 5.14. The van der Waals surface area contributed by atoms with E-state index < -0.39 is 26.6 Å². The van der Waals surface area contributed by atoms with Gasteiger partial charge in [-0.1, -0.05) is 13.0 Å². The van der Waals surface area contributed by atoms with E-state index in [9.17, 15) is 17.2 Å². The average molecular weight is 469 g/mol. The molecular weight excluding hydrogens is 446 g/mol. The molecule has 0 amide bonds. The van der Waals surface area contributed by atoms with E-state index in [2.05, 4.69) is 30.9 Å². The van der Waals surface area contributed by atoms with Gasteiger partial charge in [0.2, 0.25) is 5.13 Å². The van der Waals surface area contributed by atoms with Gasteiger partial charge in [0, 0.05) is 42.9 Å². The molecule has 1 aliphatic heterocycles. The molecule has 1 fully saturated rings. The van der Waals surface area contributed by atoms with Crippen molar-refractivity contribution < 1.29 is 17.2 Å². The van der Waals surface area contributed by atoms with Gasteiger partial charge in [0.05, 0.1) is 0 Å². The molecule has 1 saturated heterocycles. The number of sulfonamides is 1. The lowest BCUT2D eigenvalue weighted by molar-refractivity contribution is 0.164. The summed E-state index contributed by atoms with van der Waals surface area (Å²) in [5.41, 5.74) is 0.873. The minimum Gasteiger partial charge on any atom is -0.292 e. The predicted octanol–water partition coefficient (Wildman–Crippen LogP) is 4.12. The molecular formula is C19H22F2N6O2S2. The summed E-state index contributed by atoms with van der Waals surface area (Å²) in [6.45, 7) is 4.88. The van der Waals surface area contributed by atoms with E-state index in [0.717, 1.165) is 48.8 Å². The van der Waals surface area contributed by atoms with Gasteiger partial charge in [-0.15, -0.1) is 0 Å². The number of nitrogens with one attached hydrogen (secondary N) is 1. The second-order valence-corrected chi connectivity index (χ2v) is 9.35. The second-order valence-electron chi connectivity index (χ2n) is 6.91. The van der Waals surface area contributed by atoms with Crippen molar-refractivity contribution in [2.75, 3.05) is 18.3 Å². The summed E-state index contributed by atoms with van der Waals surface area (Å²) >= 11 is 0.790. The number of nitrogens with zero attached hydrogens (tertiary/aromatic N) is 5. The number of rotatable bonds is 8. The largest absolute Gasteiger partial charge is 0.292 e. The van der Waals surface area contributed by atoms with Crippen LogP contribution in [0.3, 0.4) is 0 Å². The van der Waals surface area contributed by atoms with E-state index in [1.807, 2.05) is 4.90 Å². The number of piperidine rings is 1. The highest BCUT2D eigenvalue weighted by Gasteiger charge is 2.27. The van der Waals surface area contributed by atoms with Crippen molar-refractivity contribution in [2.45, 2.75) is 36.7 Å². The number of halogens is 2. The van der Waals surface area contributed by atoms with Crippen LogP contribution in [0.1, 0.15) is 24.8 Å². The molecule has 0 unspecified atom stereocenters. The first-order valence-corrected chi connectivity index (χ1v) is 11.7. The van der Waals surface area contributed by atoms with Crippen LogP contribution >= 0.6 is 11.5 Å². The van der Waals surface area contributed by atoms with Crippen molar-refractivity contribution in [1.82, 2.24) is 14.3 Å². The second kappa shape index (κ2) is 10.2. The molecule has 1 N–H and O–H groups in total. The molecule has 3 rings (SSSR count).